The lowest BCUT2D eigenvalue weighted by Gasteiger charge is -2.31. The normalized spacial score (nSPS) is 18.3. The number of unbranched alkanes of at least 4 members (excludes halogenated alkanes) is 3. The molecule has 0 aromatic rings. The van der Waals surface area contributed by atoms with Crippen LogP contribution in [0.25, 0.3) is 0 Å². The Balaban J connectivity index is 1.91. The second kappa shape index (κ2) is 10.6. The maximum absolute atomic E-state index is 3.49. The van der Waals surface area contributed by atoms with Gasteiger partial charge in [-0.1, -0.05) is 26.7 Å². The number of rotatable bonds is 10. The average Bonchev–Trinajstić information content (AvgIpc) is 2.40. The largest absolute Gasteiger partial charge is 0.315 e. The Bertz CT molecular complexity index is 222. The molecule has 0 radical (unpaired) electrons. The SMILES string of the molecule is CC(C)NCCCCCCN(C)CC1CCN(C)CC1. The molecule has 1 rings (SSSR count). The fourth-order valence-corrected chi connectivity index (χ4v) is 3.03. The number of hydrogen-bond donors (Lipinski definition) is 1. The van der Waals surface area contributed by atoms with Crippen LogP contribution in [0.4, 0.5) is 0 Å². The van der Waals surface area contributed by atoms with E-state index in [0.29, 0.717) is 6.04 Å². The van der Waals surface area contributed by atoms with E-state index in [9.17, 15) is 0 Å². The molecule has 1 fully saturated rings. The van der Waals surface area contributed by atoms with Crippen LogP contribution in [0.2, 0.25) is 0 Å². The molecule has 1 aliphatic rings. The van der Waals surface area contributed by atoms with E-state index in [1.165, 1.54) is 71.2 Å². The fraction of sp³-hybridized carbons (Fsp3) is 1.00. The van der Waals surface area contributed by atoms with Gasteiger partial charge in [0.15, 0.2) is 0 Å². The highest BCUT2D eigenvalue weighted by Crippen LogP contribution is 2.17. The smallest absolute Gasteiger partial charge is 0.00103 e. The van der Waals surface area contributed by atoms with Crippen molar-refractivity contribution in [3.05, 3.63) is 0 Å². The molecular formula is C17H37N3. The van der Waals surface area contributed by atoms with Crippen molar-refractivity contribution in [2.75, 3.05) is 46.8 Å². The summed E-state index contributed by atoms with van der Waals surface area (Å²) in [4.78, 5) is 5.02. The minimum Gasteiger partial charge on any atom is -0.315 e. The van der Waals surface area contributed by atoms with E-state index in [1.807, 2.05) is 0 Å². The second-order valence-corrected chi connectivity index (χ2v) is 7.03. The maximum atomic E-state index is 3.49. The lowest BCUT2D eigenvalue weighted by Crippen LogP contribution is -2.36. The predicted octanol–water partition coefficient (Wildman–Crippen LogP) is 2.82. The molecule has 3 nitrogen and oxygen atoms in total. The zero-order valence-electron chi connectivity index (χ0n) is 14.3. The third-order valence-corrected chi connectivity index (χ3v) is 4.43. The molecule has 0 aliphatic carbocycles. The van der Waals surface area contributed by atoms with Gasteiger partial charge in [-0.25, -0.2) is 0 Å². The molecule has 0 aromatic carbocycles. The Morgan fingerprint density at radius 1 is 1.10 bits per heavy atom. The fourth-order valence-electron chi connectivity index (χ4n) is 3.03. The van der Waals surface area contributed by atoms with Crippen LogP contribution in [0, 0.1) is 5.92 Å². The average molecular weight is 284 g/mol. The van der Waals surface area contributed by atoms with Crippen molar-refractivity contribution in [3.8, 4) is 0 Å². The molecule has 0 atom stereocenters. The van der Waals surface area contributed by atoms with E-state index in [4.69, 9.17) is 0 Å². The Labute approximate surface area is 127 Å². The quantitative estimate of drug-likeness (QED) is 0.622. The summed E-state index contributed by atoms with van der Waals surface area (Å²) in [5.74, 6) is 0.937. The van der Waals surface area contributed by atoms with Crippen molar-refractivity contribution in [2.24, 2.45) is 5.92 Å². The van der Waals surface area contributed by atoms with E-state index in [1.54, 1.807) is 0 Å². The van der Waals surface area contributed by atoms with Gasteiger partial charge in [0.25, 0.3) is 0 Å². The first-order chi connectivity index (χ1) is 9.58. The zero-order chi connectivity index (χ0) is 14.8. The van der Waals surface area contributed by atoms with Gasteiger partial charge < -0.3 is 15.1 Å². The van der Waals surface area contributed by atoms with Gasteiger partial charge in [-0.15, -0.1) is 0 Å². The minimum atomic E-state index is 0.635. The van der Waals surface area contributed by atoms with Gasteiger partial charge in [-0.2, -0.15) is 0 Å². The number of piperidine rings is 1. The van der Waals surface area contributed by atoms with E-state index in [2.05, 4.69) is 43.1 Å². The molecule has 0 bridgehead atoms. The van der Waals surface area contributed by atoms with Gasteiger partial charge in [0.1, 0.15) is 0 Å². The summed E-state index contributed by atoms with van der Waals surface area (Å²) in [5.41, 5.74) is 0. The summed E-state index contributed by atoms with van der Waals surface area (Å²) >= 11 is 0. The van der Waals surface area contributed by atoms with Crippen LogP contribution in [-0.2, 0) is 0 Å². The molecule has 1 aliphatic heterocycles. The Hall–Kier alpha value is -0.120. The van der Waals surface area contributed by atoms with Gasteiger partial charge in [-0.3, -0.25) is 0 Å². The van der Waals surface area contributed by atoms with Crippen LogP contribution in [0.1, 0.15) is 52.4 Å². The lowest BCUT2D eigenvalue weighted by molar-refractivity contribution is 0.175. The van der Waals surface area contributed by atoms with E-state index in [0.717, 1.165) is 5.92 Å². The molecule has 0 amide bonds. The van der Waals surface area contributed by atoms with E-state index in [-0.39, 0.29) is 0 Å². The molecule has 1 heterocycles. The monoisotopic (exact) mass is 283 g/mol. The molecule has 0 unspecified atom stereocenters. The van der Waals surface area contributed by atoms with Crippen molar-refractivity contribution < 1.29 is 0 Å². The second-order valence-electron chi connectivity index (χ2n) is 7.03. The van der Waals surface area contributed by atoms with Crippen molar-refractivity contribution in [1.82, 2.24) is 15.1 Å². The summed E-state index contributed by atoms with van der Waals surface area (Å²) in [6, 6.07) is 0.635. The van der Waals surface area contributed by atoms with Crippen LogP contribution in [0.5, 0.6) is 0 Å². The first-order valence-electron chi connectivity index (χ1n) is 8.68. The van der Waals surface area contributed by atoms with Crippen molar-refractivity contribution in [3.63, 3.8) is 0 Å². The third-order valence-electron chi connectivity index (χ3n) is 4.43. The third kappa shape index (κ3) is 8.93. The van der Waals surface area contributed by atoms with Crippen molar-refractivity contribution in [2.45, 2.75) is 58.4 Å². The standard InChI is InChI=1S/C17H37N3/c1-16(2)18-11-7-5-6-8-12-20(4)15-17-9-13-19(3)14-10-17/h16-18H,5-15H2,1-4H3. The van der Waals surface area contributed by atoms with Crippen LogP contribution >= 0.6 is 0 Å². The highest BCUT2D eigenvalue weighted by Gasteiger charge is 2.17. The lowest BCUT2D eigenvalue weighted by atomic mass is 9.96. The van der Waals surface area contributed by atoms with Crippen LogP contribution in [-0.4, -0.2) is 62.7 Å². The Morgan fingerprint density at radius 3 is 2.40 bits per heavy atom. The number of nitrogens with zero attached hydrogens (tertiary/aromatic N) is 2. The summed E-state index contributed by atoms with van der Waals surface area (Å²) < 4.78 is 0. The topological polar surface area (TPSA) is 18.5 Å². The summed E-state index contributed by atoms with van der Waals surface area (Å²) in [7, 11) is 4.55. The molecule has 0 aromatic heterocycles. The van der Waals surface area contributed by atoms with Gasteiger partial charge in [0.05, 0.1) is 0 Å². The number of hydrogen-bond acceptors (Lipinski definition) is 3. The molecule has 3 heteroatoms. The van der Waals surface area contributed by atoms with Gasteiger partial charge in [0, 0.05) is 12.6 Å². The first kappa shape index (κ1) is 17.9. The summed E-state index contributed by atoms with van der Waals surface area (Å²) in [5, 5.41) is 3.49. The Morgan fingerprint density at radius 2 is 1.75 bits per heavy atom. The Kier molecular flexibility index (Phi) is 9.49. The van der Waals surface area contributed by atoms with Crippen LogP contribution in [0.15, 0.2) is 0 Å². The molecule has 1 N–H and O–H groups in total. The number of likely N-dealkylation sites (tertiary alicyclic amines) is 1. The van der Waals surface area contributed by atoms with Crippen molar-refractivity contribution >= 4 is 0 Å². The highest BCUT2D eigenvalue weighted by molar-refractivity contribution is 4.72. The highest BCUT2D eigenvalue weighted by atomic mass is 15.1. The van der Waals surface area contributed by atoms with Crippen molar-refractivity contribution in [1.29, 1.82) is 0 Å². The van der Waals surface area contributed by atoms with Crippen LogP contribution < -0.4 is 5.32 Å². The van der Waals surface area contributed by atoms with Gasteiger partial charge in [0.2, 0.25) is 0 Å². The molecule has 20 heavy (non-hydrogen) atoms. The minimum absolute atomic E-state index is 0.635. The summed E-state index contributed by atoms with van der Waals surface area (Å²) in [6.45, 7) is 10.8. The van der Waals surface area contributed by atoms with E-state index >= 15 is 0 Å². The molecule has 0 spiro atoms. The van der Waals surface area contributed by atoms with Crippen LogP contribution in [0.3, 0.4) is 0 Å². The summed E-state index contributed by atoms with van der Waals surface area (Å²) in [6.07, 6.45) is 8.24. The van der Waals surface area contributed by atoms with E-state index < -0.39 is 0 Å². The first-order valence-corrected chi connectivity index (χ1v) is 8.68. The molecular weight excluding hydrogens is 246 g/mol. The van der Waals surface area contributed by atoms with Gasteiger partial charge in [-0.05, 0) is 71.9 Å². The molecule has 120 valence electrons. The molecule has 1 saturated heterocycles. The predicted molar refractivity (Wildman–Crippen MR) is 89.3 cm³/mol. The molecule has 0 saturated carbocycles. The maximum Gasteiger partial charge on any atom is 0.00103 e. The number of nitrogens with one attached hydrogen (secondary N) is 1. The van der Waals surface area contributed by atoms with Gasteiger partial charge >= 0.3 is 0 Å². The zero-order valence-corrected chi connectivity index (χ0v) is 14.3.